The quantitative estimate of drug-likeness (QED) is 0.873. The number of carbonyl (C=O) groups excluding carboxylic acids is 1. The molecule has 0 atom stereocenters. The number of nitrogens with one attached hydrogen (secondary N) is 1. The zero-order valence-corrected chi connectivity index (χ0v) is 13.3. The number of rotatable bonds is 2. The van der Waals surface area contributed by atoms with E-state index in [0.717, 1.165) is 46.7 Å². The number of para-hydroxylation sites is 1. The zero-order chi connectivity index (χ0) is 14.8. The van der Waals surface area contributed by atoms with Crippen molar-refractivity contribution < 1.29 is 4.79 Å². The number of amides is 1. The fourth-order valence-corrected chi connectivity index (χ4v) is 3.20. The molecular weight excluding hydrogens is 330 g/mol. The maximum absolute atomic E-state index is 12.4. The lowest BCUT2D eigenvalue weighted by Gasteiger charge is -2.25. The van der Waals surface area contributed by atoms with Gasteiger partial charge < -0.3 is 11.1 Å². The first-order valence-electron chi connectivity index (χ1n) is 7.24. The fourth-order valence-electron chi connectivity index (χ4n) is 2.85. The summed E-state index contributed by atoms with van der Waals surface area (Å²) < 4.78 is 0.930. The smallest absolute Gasteiger partial charge is 0.227 e. The molecule has 0 bridgehead atoms. The first kappa shape index (κ1) is 14.5. The Labute approximate surface area is 132 Å². The Kier molecular flexibility index (Phi) is 4.22. The monoisotopic (exact) mass is 347 g/mol. The highest BCUT2D eigenvalue weighted by Crippen LogP contribution is 2.27. The van der Waals surface area contributed by atoms with Crippen LogP contribution in [0.5, 0.6) is 0 Å². The third-order valence-corrected chi connectivity index (χ3v) is 4.51. The van der Waals surface area contributed by atoms with Gasteiger partial charge in [0.2, 0.25) is 5.91 Å². The highest BCUT2D eigenvalue weighted by Gasteiger charge is 2.24. The van der Waals surface area contributed by atoms with Crippen LogP contribution in [-0.4, -0.2) is 16.9 Å². The van der Waals surface area contributed by atoms with E-state index in [9.17, 15) is 4.79 Å². The summed E-state index contributed by atoms with van der Waals surface area (Å²) in [5.41, 5.74) is 7.49. The maximum atomic E-state index is 12.4. The number of carbonyl (C=O) groups is 1. The van der Waals surface area contributed by atoms with Crippen LogP contribution < -0.4 is 11.1 Å². The molecular formula is C16H18BrN3O. The van der Waals surface area contributed by atoms with Gasteiger partial charge in [-0.1, -0.05) is 12.1 Å². The number of hydrogen-bond acceptors (Lipinski definition) is 3. The Balaban J connectivity index is 1.80. The van der Waals surface area contributed by atoms with E-state index in [0.29, 0.717) is 0 Å². The molecule has 21 heavy (non-hydrogen) atoms. The van der Waals surface area contributed by atoms with Crippen LogP contribution in [0.4, 0.5) is 5.69 Å². The van der Waals surface area contributed by atoms with Gasteiger partial charge in [-0.15, -0.1) is 0 Å². The van der Waals surface area contributed by atoms with Gasteiger partial charge in [-0.3, -0.25) is 9.78 Å². The molecule has 0 saturated heterocycles. The molecule has 1 aliphatic carbocycles. The lowest BCUT2D eigenvalue weighted by molar-refractivity contribution is -0.120. The first-order valence-corrected chi connectivity index (χ1v) is 8.03. The average Bonchev–Trinajstić information content (AvgIpc) is 2.47. The van der Waals surface area contributed by atoms with Gasteiger partial charge in [0.15, 0.2) is 0 Å². The van der Waals surface area contributed by atoms with Crippen LogP contribution in [0.3, 0.4) is 0 Å². The van der Waals surface area contributed by atoms with Gasteiger partial charge in [0.25, 0.3) is 0 Å². The van der Waals surface area contributed by atoms with Gasteiger partial charge in [-0.25, -0.2) is 0 Å². The van der Waals surface area contributed by atoms with Crippen molar-refractivity contribution in [3.8, 4) is 0 Å². The summed E-state index contributed by atoms with van der Waals surface area (Å²) in [6.07, 6.45) is 5.35. The molecule has 3 N–H and O–H groups in total. The molecule has 0 aliphatic heterocycles. The van der Waals surface area contributed by atoms with Crippen LogP contribution in [0.1, 0.15) is 25.7 Å². The molecule has 1 heterocycles. The van der Waals surface area contributed by atoms with Gasteiger partial charge >= 0.3 is 0 Å². The summed E-state index contributed by atoms with van der Waals surface area (Å²) in [4.78, 5) is 16.8. The van der Waals surface area contributed by atoms with Crippen LogP contribution in [0.15, 0.2) is 34.9 Å². The van der Waals surface area contributed by atoms with Crippen molar-refractivity contribution in [2.24, 2.45) is 11.7 Å². The topological polar surface area (TPSA) is 68.0 Å². The summed E-state index contributed by atoms with van der Waals surface area (Å²) in [5, 5.41) is 4.04. The lowest BCUT2D eigenvalue weighted by Crippen LogP contribution is -2.32. The molecule has 0 radical (unpaired) electrons. The van der Waals surface area contributed by atoms with E-state index in [4.69, 9.17) is 5.73 Å². The van der Waals surface area contributed by atoms with E-state index in [2.05, 4.69) is 26.2 Å². The number of halogens is 1. The average molecular weight is 348 g/mol. The molecule has 0 spiro atoms. The van der Waals surface area contributed by atoms with Gasteiger partial charge in [-0.2, -0.15) is 0 Å². The van der Waals surface area contributed by atoms with Crippen molar-refractivity contribution in [1.29, 1.82) is 0 Å². The Hall–Kier alpha value is -1.46. The molecule has 0 unspecified atom stereocenters. The second-order valence-electron chi connectivity index (χ2n) is 5.63. The number of anilines is 1. The Morgan fingerprint density at radius 1 is 1.29 bits per heavy atom. The number of hydrogen-bond donors (Lipinski definition) is 2. The summed E-state index contributed by atoms with van der Waals surface area (Å²) in [5.74, 6) is 0.148. The van der Waals surface area contributed by atoms with Gasteiger partial charge in [-0.05, 0) is 53.7 Å². The molecule has 1 fully saturated rings. The number of nitrogens with zero attached hydrogens (tertiary/aromatic N) is 1. The van der Waals surface area contributed by atoms with Crippen molar-refractivity contribution in [2.45, 2.75) is 31.7 Å². The van der Waals surface area contributed by atoms with Crippen molar-refractivity contribution in [3.63, 3.8) is 0 Å². The van der Waals surface area contributed by atoms with Crippen LogP contribution in [0.25, 0.3) is 10.9 Å². The molecule has 3 rings (SSSR count). The molecule has 1 aromatic carbocycles. The van der Waals surface area contributed by atoms with Gasteiger partial charge in [0, 0.05) is 28.0 Å². The highest BCUT2D eigenvalue weighted by molar-refractivity contribution is 9.10. The van der Waals surface area contributed by atoms with E-state index in [1.54, 1.807) is 6.20 Å². The number of benzene rings is 1. The van der Waals surface area contributed by atoms with Crippen LogP contribution >= 0.6 is 15.9 Å². The van der Waals surface area contributed by atoms with Crippen molar-refractivity contribution in [3.05, 3.63) is 34.9 Å². The summed E-state index contributed by atoms with van der Waals surface area (Å²) in [6.45, 7) is 0. The fraction of sp³-hybridized carbons (Fsp3) is 0.375. The predicted molar refractivity (Wildman–Crippen MR) is 88.0 cm³/mol. The molecule has 5 heteroatoms. The van der Waals surface area contributed by atoms with Crippen LogP contribution in [0, 0.1) is 5.92 Å². The van der Waals surface area contributed by atoms with Crippen LogP contribution in [0.2, 0.25) is 0 Å². The zero-order valence-electron chi connectivity index (χ0n) is 11.7. The van der Waals surface area contributed by atoms with Gasteiger partial charge in [0.1, 0.15) is 0 Å². The van der Waals surface area contributed by atoms with E-state index in [1.165, 1.54) is 0 Å². The standard InChI is InChI=1S/C16H18BrN3O/c17-12-8-11-2-1-3-14(15(11)19-9-12)20-16(21)10-4-6-13(18)7-5-10/h1-3,8-10,13H,4-7,18H2,(H,20,21). The van der Waals surface area contributed by atoms with Crippen LogP contribution in [-0.2, 0) is 4.79 Å². The van der Waals surface area contributed by atoms with E-state index >= 15 is 0 Å². The highest BCUT2D eigenvalue weighted by atomic mass is 79.9. The normalized spacial score (nSPS) is 22.2. The minimum atomic E-state index is 0.0653. The van der Waals surface area contributed by atoms with E-state index in [1.807, 2.05) is 24.3 Å². The summed E-state index contributed by atoms with van der Waals surface area (Å²) in [6, 6.07) is 8.07. The second kappa shape index (κ2) is 6.12. The molecule has 1 aliphatic rings. The molecule has 1 amide bonds. The van der Waals surface area contributed by atoms with E-state index < -0.39 is 0 Å². The molecule has 110 valence electrons. The van der Waals surface area contributed by atoms with E-state index in [-0.39, 0.29) is 17.9 Å². The third-order valence-electron chi connectivity index (χ3n) is 4.08. The maximum Gasteiger partial charge on any atom is 0.227 e. The minimum Gasteiger partial charge on any atom is -0.328 e. The lowest BCUT2D eigenvalue weighted by atomic mass is 9.86. The Morgan fingerprint density at radius 2 is 2.05 bits per heavy atom. The minimum absolute atomic E-state index is 0.0653. The molecule has 2 aromatic rings. The van der Waals surface area contributed by atoms with Gasteiger partial charge in [0.05, 0.1) is 11.2 Å². The Morgan fingerprint density at radius 3 is 2.81 bits per heavy atom. The predicted octanol–water partition coefficient (Wildman–Crippen LogP) is 3.45. The molecule has 4 nitrogen and oxygen atoms in total. The number of fused-ring (bicyclic) bond motifs is 1. The SMILES string of the molecule is NC1CCC(C(=O)Nc2cccc3cc(Br)cnc23)CC1. The largest absolute Gasteiger partial charge is 0.328 e. The number of pyridine rings is 1. The molecule has 1 aromatic heterocycles. The molecule has 1 saturated carbocycles. The first-order chi connectivity index (χ1) is 10.1. The Bertz CT molecular complexity index is 666. The summed E-state index contributed by atoms with van der Waals surface area (Å²) in [7, 11) is 0. The number of nitrogens with two attached hydrogens (primary N) is 1. The van der Waals surface area contributed by atoms with Crippen molar-refractivity contribution in [1.82, 2.24) is 4.98 Å². The summed E-state index contributed by atoms with van der Waals surface area (Å²) >= 11 is 3.41. The second-order valence-corrected chi connectivity index (χ2v) is 6.55. The third kappa shape index (κ3) is 3.24. The van der Waals surface area contributed by atoms with Crippen molar-refractivity contribution in [2.75, 3.05) is 5.32 Å². The number of aromatic nitrogens is 1. The van der Waals surface area contributed by atoms with Crippen molar-refractivity contribution >= 4 is 38.4 Å².